The molecule has 0 unspecified atom stereocenters. The third-order valence-corrected chi connectivity index (χ3v) is 4.74. The lowest BCUT2D eigenvalue weighted by molar-refractivity contribution is 0.0715. The van der Waals surface area contributed by atoms with Crippen LogP contribution in [0.3, 0.4) is 0 Å². The van der Waals surface area contributed by atoms with Crippen molar-refractivity contribution in [3.63, 3.8) is 0 Å². The second-order valence-electron chi connectivity index (χ2n) is 6.65. The molecule has 27 heavy (non-hydrogen) atoms. The number of likely N-dealkylation sites (tertiary alicyclic amines) is 1. The van der Waals surface area contributed by atoms with Crippen LogP contribution in [0.4, 0.5) is 10.1 Å². The first-order valence-corrected chi connectivity index (χ1v) is 8.96. The van der Waals surface area contributed by atoms with Crippen molar-refractivity contribution in [1.29, 1.82) is 0 Å². The molecule has 1 atom stereocenters. The highest BCUT2D eigenvalue weighted by molar-refractivity contribution is 5.94. The zero-order valence-electron chi connectivity index (χ0n) is 14.7. The number of anilines is 1. The van der Waals surface area contributed by atoms with Crippen molar-refractivity contribution in [3.8, 4) is 11.4 Å². The Morgan fingerprint density at radius 3 is 2.63 bits per heavy atom. The van der Waals surface area contributed by atoms with Gasteiger partial charge in [-0.15, -0.1) is 0 Å². The largest absolute Gasteiger partial charge is 0.381 e. The van der Waals surface area contributed by atoms with Crippen LogP contribution >= 0.6 is 0 Å². The van der Waals surface area contributed by atoms with E-state index < -0.39 is 0 Å². The van der Waals surface area contributed by atoms with Gasteiger partial charge in [0.1, 0.15) is 12.1 Å². The number of nitrogens with zero attached hydrogens (tertiary/aromatic N) is 3. The summed E-state index contributed by atoms with van der Waals surface area (Å²) < 4.78 is 13.0. The van der Waals surface area contributed by atoms with Gasteiger partial charge in [0, 0.05) is 35.9 Å². The van der Waals surface area contributed by atoms with Crippen molar-refractivity contribution in [2.24, 2.45) is 0 Å². The van der Waals surface area contributed by atoms with Crippen molar-refractivity contribution in [2.75, 3.05) is 18.4 Å². The number of nitrogens with one attached hydrogen (secondary N) is 2. The summed E-state index contributed by atoms with van der Waals surface area (Å²) in [7, 11) is 0. The van der Waals surface area contributed by atoms with Gasteiger partial charge >= 0.3 is 0 Å². The number of aromatic nitrogens is 3. The van der Waals surface area contributed by atoms with Gasteiger partial charge in [-0.2, -0.15) is 5.10 Å². The zero-order valence-corrected chi connectivity index (χ0v) is 14.7. The van der Waals surface area contributed by atoms with Crippen LogP contribution in [0.2, 0.25) is 0 Å². The van der Waals surface area contributed by atoms with Gasteiger partial charge in [-0.3, -0.25) is 9.89 Å². The molecule has 0 bridgehead atoms. The van der Waals surface area contributed by atoms with Crippen molar-refractivity contribution < 1.29 is 9.18 Å². The number of hydrogen-bond donors (Lipinski definition) is 2. The first-order chi connectivity index (χ1) is 13.2. The number of halogens is 1. The Balaban J connectivity index is 1.41. The molecule has 3 aromatic rings. The van der Waals surface area contributed by atoms with E-state index in [4.69, 9.17) is 0 Å². The number of carbonyl (C=O) groups excluding carboxylic acids is 1. The molecular formula is C20H20FN5O. The third kappa shape index (κ3) is 3.97. The predicted octanol–water partition coefficient (Wildman–Crippen LogP) is 3.33. The van der Waals surface area contributed by atoms with Crippen LogP contribution in [0.1, 0.15) is 23.2 Å². The van der Waals surface area contributed by atoms with Gasteiger partial charge in [0.05, 0.1) is 0 Å². The Bertz CT molecular complexity index is 893. The smallest absolute Gasteiger partial charge is 0.253 e. The highest BCUT2D eigenvalue weighted by Gasteiger charge is 2.24. The maximum Gasteiger partial charge on any atom is 0.253 e. The number of aromatic amines is 1. The molecule has 2 aromatic carbocycles. The van der Waals surface area contributed by atoms with E-state index in [2.05, 4.69) is 20.5 Å². The first kappa shape index (κ1) is 17.2. The van der Waals surface area contributed by atoms with Crippen molar-refractivity contribution in [1.82, 2.24) is 20.1 Å². The maximum atomic E-state index is 13.0. The van der Waals surface area contributed by atoms with Crippen LogP contribution < -0.4 is 5.32 Å². The standard InChI is InChI=1S/C20H20FN5O/c21-16-7-9-17(10-8-16)24-18-2-1-11-26(12-18)20(27)15-5-3-14(4-6-15)19-22-13-23-25-19/h3-10,13,18,24H,1-2,11-12H2,(H,22,23,25)/t18-/m1/s1. The normalized spacial score (nSPS) is 16.9. The van der Waals surface area contributed by atoms with Gasteiger partial charge < -0.3 is 10.2 Å². The number of benzene rings is 2. The molecule has 0 aliphatic carbocycles. The lowest BCUT2D eigenvalue weighted by atomic mass is 10.0. The van der Waals surface area contributed by atoms with Crippen molar-refractivity contribution in [2.45, 2.75) is 18.9 Å². The van der Waals surface area contributed by atoms with Gasteiger partial charge in [-0.1, -0.05) is 12.1 Å². The monoisotopic (exact) mass is 365 g/mol. The molecule has 0 spiro atoms. The summed E-state index contributed by atoms with van der Waals surface area (Å²) >= 11 is 0. The predicted molar refractivity (Wildman–Crippen MR) is 101 cm³/mol. The molecule has 1 aromatic heterocycles. The minimum Gasteiger partial charge on any atom is -0.381 e. The minimum absolute atomic E-state index is 0.0183. The van der Waals surface area contributed by atoms with Crippen LogP contribution in [-0.4, -0.2) is 45.1 Å². The molecule has 1 fully saturated rings. The zero-order chi connectivity index (χ0) is 18.6. The number of H-pyrrole nitrogens is 1. The summed E-state index contributed by atoms with van der Waals surface area (Å²) in [6.07, 6.45) is 3.36. The Labute approximate surface area is 156 Å². The minimum atomic E-state index is -0.255. The molecule has 1 aliphatic rings. The Morgan fingerprint density at radius 1 is 1.15 bits per heavy atom. The van der Waals surface area contributed by atoms with E-state index >= 15 is 0 Å². The number of hydrogen-bond acceptors (Lipinski definition) is 4. The lowest BCUT2D eigenvalue weighted by Crippen LogP contribution is -2.45. The SMILES string of the molecule is O=C(c1ccc(-c2ncn[nH]2)cc1)N1CCC[C@@H](Nc2ccc(F)cc2)C1. The number of carbonyl (C=O) groups is 1. The van der Waals surface area contributed by atoms with Gasteiger partial charge in [-0.25, -0.2) is 9.37 Å². The number of amides is 1. The van der Waals surface area contributed by atoms with Crippen LogP contribution in [0, 0.1) is 5.82 Å². The van der Waals surface area contributed by atoms with E-state index in [1.165, 1.54) is 18.5 Å². The van der Waals surface area contributed by atoms with E-state index in [9.17, 15) is 9.18 Å². The van der Waals surface area contributed by atoms with Crippen LogP contribution in [0.25, 0.3) is 11.4 Å². The average molecular weight is 365 g/mol. The van der Waals surface area contributed by atoms with Gasteiger partial charge in [-0.05, 0) is 49.2 Å². The van der Waals surface area contributed by atoms with Crippen molar-refractivity contribution in [3.05, 3.63) is 66.2 Å². The molecule has 0 saturated carbocycles. The molecule has 7 heteroatoms. The van der Waals surface area contributed by atoms with E-state index in [1.807, 2.05) is 29.2 Å². The fourth-order valence-corrected chi connectivity index (χ4v) is 3.36. The third-order valence-electron chi connectivity index (χ3n) is 4.74. The topological polar surface area (TPSA) is 73.9 Å². The summed E-state index contributed by atoms with van der Waals surface area (Å²) in [5.74, 6) is 0.440. The van der Waals surface area contributed by atoms with Crippen LogP contribution in [0.5, 0.6) is 0 Å². The van der Waals surface area contributed by atoms with E-state index in [1.54, 1.807) is 12.1 Å². The molecule has 138 valence electrons. The fourth-order valence-electron chi connectivity index (χ4n) is 3.36. The second kappa shape index (κ2) is 7.57. The summed E-state index contributed by atoms with van der Waals surface area (Å²) in [6.45, 7) is 1.37. The van der Waals surface area contributed by atoms with Crippen LogP contribution in [-0.2, 0) is 0 Å². The molecule has 4 rings (SSSR count). The summed E-state index contributed by atoms with van der Waals surface area (Å²) in [4.78, 5) is 18.8. The van der Waals surface area contributed by atoms with Gasteiger partial charge in [0.15, 0.2) is 5.82 Å². The highest BCUT2D eigenvalue weighted by atomic mass is 19.1. The molecule has 1 aliphatic heterocycles. The average Bonchev–Trinajstić information content (AvgIpc) is 3.24. The van der Waals surface area contributed by atoms with E-state index in [0.717, 1.165) is 30.6 Å². The highest BCUT2D eigenvalue weighted by Crippen LogP contribution is 2.20. The summed E-state index contributed by atoms with van der Waals surface area (Å²) in [6, 6.07) is 13.8. The lowest BCUT2D eigenvalue weighted by Gasteiger charge is -2.33. The van der Waals surface area contributed by atoms with Crippen molar-refractivity contribution >= 4 is 11.6 Å². The van der Waals surface area contributed by atoms with Gasteiger partial charge in [0.25, 0.3) is 5.91 Å². The van der Waals surface area contributed by atoms with E-state index in [-0.39, 0.29) is 17.8 Å². The Kier molecular flexibility index (Phi) is 4.82. The molecule has 1 saturated heterocycles. The summed E-state index contributed by atoms with van der Waals surface area (Å²) in [5, 5.41) is 10.0. The molecular weight excluding hydrogens is 345 g/mol. The molecule has 1 amide bonds. The molecule has 0 radical (unpaired) electrons. The first-order valence-electron chi connectivity index (χ1n) is 8.96. The number of piperidine rings is 1. The van der Waals surface area contributed by atoms with E-state index in [0.29, 0.717) is 17.9 Å². The Morgan fingerprint density at radius 2 is 1.93 bits per heavy atom. The maximum absolute atomic E-state index is 13.0. The van der Waals surface area contributed by atoms with Crippen LogP contribution in [0.15, 0.2) is 54.9 Å². The molecule has 2 N–H and O–H groups in total. The quantitative estimate of drug-likeness (QED) is 0.744. The molecule has 6 nitrogen and oxygen atoms in total. The molecule has 2 heterocycles. The van der Waals surface area contributed by atoms with Gasteiger partial charge in [0.2, 0.25) is 0 Å². The fraction of sp³-hybridized carbons (Fsp3) is 0.250. The Hall–Kier alpha value is -3.22. The summed E-state index contributed by atoms with van der Waals surface area (Å²) in [5.41, 5.74) is 2.41. The second-order valence-corrected chi connectivity index (χ2v) is 6.65. The number of rotatable bonds is 4.